The van der Waals surface area contributed by atoms with Crippen LogP contribution in [0.3, 0.4) is 0 Å². The van der Waals surface area contributed by atoms with Crippen molar-refractivity contribution >= 4 is 16.3 Å². The number of aryl methyl sites for hydroxylation is 1. The first kappa shape index (κ1) is 16.8. The molecule has 0 fully saturated rings. The Morgan fingerprint density at radius 2 is 1.68 bits per heavy atom. The van der Waals surface area contributed by atoms with Crippen molar-refractivity contribution in [1.82, 2.24) is 34.8 Å². The molecular formula is C20H17N7S. The molecule has 0 amide bonds. The molecule has 0 saturated heterocycles. The molecule has 28 heavy (non-hydrogen) atoms. The second-order valence-corrected chi connectivity index (χ2v) is 7.61. The molecule has 0 bridgehead atoms. The maximum Gasteiger partial charge on any atom is 0.235 e. The molecule has 5 aromatic rings. The Bertz CT molecular complexity index is 1250. The summed E-state index contributed by atoms with van der Waals surface area (Å²) in [6.07, 6.45) is 0.681. The highest BCUT2D eigenvalue weighted by Crippen LogP contribution is 2.27. The van der Waals surface area contributed by atoms with Crippen molar-refractivity contribution in [3.05, 3.63) is 77.2 Å². The minimum atomic E-state index is 0.681. The number of aromatic nitrogens is 7. The zero-order valence-electron chi connectivity index (χ0n) is 15.4. The maximum absolute atomic E-state index is 4.72. The second kappa shape index (κ2) is 6.65. The Hall–Kier alpha value is -3.39. The molecule has 138 valence electrons. The number of benzene rings is 2. The highest BCUT2D eigenvalue weighted by Gasteiger charge is 2.19. The van der Waals surface area contributed by atoms with Crippen molar-refractivity contribution in [1.29, 1.82) is 0 Å². The van der Waals surface area contributed by atoms with Gasteiger partial charge in [0.25, 0.3) is 0 Å². The van der Waals surface area contributed by atoms with Gasteiger partial charge in [-0.2, -0.15) is 9.61 Å². The fourth-order valence-electron chi connectivity index (χ4n) is 3.10. The van der Waals surface area contributed by atoms with E-state index in [0.29, 0.717) is 6.42 Å². The third kappa shape index (κ3) is 2.87. The average Bonchev–Trinajstić information content (AvgIpc) is 3.39. The molecule has 3 heterocycles. The minimum Gasteiger partial charge on any atom is -0.217 e. The van der Waals surface area contributed by atoms with Crippen molar-refractivity contribution < 1.29 is 0 Å². The van der Waals surface area contributed by atoms with E-state index in [9.17, 15) is 0 Å². The van der Waals surface area contributed by atoms with E-state index in [-0.39, 0.29) is 0 Å². The summed E-state index contributed by atoms with van der Waals surface area (Å²) in [5.74, 6) is 0.812. The number of nitrogens with zero attached hydrogens (tertiary/aromatic N) is 7. The summed E-state index contributed by atoms with van der Waals surface area (Å²) in [5, 5.41) is 22.8. The van der Waals surface area contributed by atoms with Crippen LogP contribution in [0.2, 0.25) is 0 Å². The van der Waals surface area contributed by atoms with Gasteiger partial charge < -0.3 is 0 Å². The molecule has 0 aliphatic carbocycles. The largest absolute Gasteiger partial charge is 0.235 e. The Morgan fingerprint density at radius 3 is 2.46 bits per heavy atom. The highest BCUT2D eigenvalue weighted by atomic mass is 32.1. The summed E-state index contributed by atoms with van der Waals surface area (Å²) < 4.78 is 3.64. The number of rotatable bonds is 4. The SMILES string of the molecule is Cc1ccc(-n2nnc(-c3nn4c(Cc5ccccc5)nnc4s3)c2C)cc1. The van der Waals surface area contributed by atoms with E-state index in [0.717, 1.165) is 32.9 Å². The van der Waals surface area contributed by atoms with Crippen LogP contribution in [0.25, 0.3) is 21.3 Å². The van der Waals surface area contributed by atoms with Crippen LogP contribution in [0, 0.1) is 13.8 Å². The van der Waals surface area contributed by atoms with Gasteiger partial charge in [0.1, 0.15) is 5.69 Å². The van der Waals surface area contributed by atoms with Gasteiger partial charge >= 0.3 is 0 Å². The molecule has 0 atom stereocenters. The summed E-state index contributed by atoms with van der Waals surface area (Å²) in [5.41, 5.74) is 5.07. The van der Waals surface area contributed by atoms with Crippen LogP contribution in [0.1, 0.15) is 22.6 Å². The van der Waals surface area contributed by atoms with Crippen molar-refractivity contribution in [2.45, 2.75) is 20.3 Å². The fraction of sp³-hybridized carbons (Fsp3) is 0.150. The van der Waals surface area contributed by atoms with Gasteiger partial charge in [-0.25, -0.2) is 4.68 Å². The Kier molecular flexibility index (Phi) is 3.98. The predicted octanol–water partition coefficient (Wildman–Crippen LogP) is 3.64. The second-order valence-electron chi connectivity index (χ2n) is 6.65. The Labute approximate surface area is 165 Å². The van der Waals surface area contributed by atoms with E-state index >= 15 is 0 Å². The molecule has 0 saturated carbocycles. The van der Waals surface area contributed by atoms with Gasteiger partial charge in [0.15, 0.2) is 10.8 Å². The molecule has 0 N–H and O–H groups in total. The first-order valence-electron chi connectivity index (χ1n) is 8.94. The predicted molar refractivity (Wildman–Crippen MR) is 108 cm³/mol. The molecular weight excluding hydrogens is 370 g/mol. The van der Waals surface area contributed by atoms with Crippen molar-refractivity contribution in [3.63, 3.8) is 0 Å². The minimum absolute atomic E-state index is 0.681. The Morgan fingerprint density at radius 1 is 0.893 bits per heavy atom. The first-order chi connectivity index (χ1) is 13.7. The molecule has 0 aliphatic rings. The van der Waals surface area contributed by atoms with E-state index in [1.54, 1.807) is 4.52 Å². The molecule has 0 spiro atoms. The van der Waals surface area contributed by atoms with Crippen LogP contribution in [-0.4, -0.2) is 34.8 Å². The van der Waals surface area contributed by atoms with Gasteiger partial charge in [-0.05, 0) is 31.5 Å². The van der Waals surface area contributed by atoms with Gasteiger partial charge in [0.2, 0.25) is 4.96 Å². The smallest absolute Gasteiger partial charge is 0.217 e. The lowest BCUT2D eigenvalue weighted by Gasteiger charge is -2.03. The third-order valence-electron chi connectivity index (χ3n) is 4.64. The van der Waals surface area contributed by atoms with E-state index in [1.165, 1.54) is 22.5 Å². The van der Waals surface area contributed by atoms with E-state index in [4.69, 9.17) is 5.10 Å². The number of fused-ring (bicyclic) bond motifs is 1. The molecule has 7 nitrogen and oxygen atoms in total. The van der Waals surface area contributed by atoms with Crippen LogP contribution in [0.5, 0.6) is 0 Å². The lowest BCUT2D eigenvalue weighted by Crippen LogP contribution is -1.99. The normalized spacial score (nSPS) is 11.4. The fourth-order valence-corrected chi connectivity index (χ4v) is 3.99. The maximum atomic E-state index is 4.72. The average molecular weight is 387 g/mol. The third-order valence-corrected chi connectivity index (χ3v) is 5.54. The Balaban J connectivity index is 1.51. The molecule has 0 unspecified atom stereocenters. The number of hydrogen-bond acceptors (Lipinski definition) is 6. The summed E-state index contributed by atoms with van der Waals surface area (Å²) in [4.78, 5) is 0.755. The lowest BCUT2D eigenvalue weighted by atomic mass is 10.1. The lowest BCUT2D eigenvalue weighted by molar-refractivity contribution is 0.785. The zero-order chi connectivity index (χ0) is 19.1. The summed E-state index contributed by atoms with van der Waals surface area (Å²) in [7, 11) is 0. The van der Waals surface area contributed by atoms with Crippen LogP contribution in [0.4, 0.5) is 0 Å². The number of hydrogen-bond donors (Lipinski definition) is 0. The summed E-state index contributed by atoms with van der Waals surface area (Å²) in [6, 6.07) is 18.4. The van der Waals surface area contributed by atoms with E-state index < -0.39 is 0 Å². The van der Waals surface area contributed by atoms with Gasteiger partial charge in [-0.3, -0.25) is 0 Å². The van der Waals surface area contributed by atoms with E-state index in [2.05, 4.69) is 51.7 Å². The van der Waals surface area contributed by atoms with Crippen LogP contribution in [-0.2, 0) is 6.42 Å². The molecule has 8 heteroatoms. The van der Waals surface area contributed by atoms with Crippen LogP contribution in [0.15, 0.2) is 54.6 Å². The van der Waals surface area contributed by atoms with Gasteiger partial charge in [0, 0.05) is 6.42 Å². The van der Waals surface area contributed by atoms with Gasteiger partial charge in [-0.15, -0.1) is 15.3 Å². The quantitative estimate of drug-likeness (QED) is 0.471. The van der Waals surface area contributed by atoms with Crippen molar-refractivity contribution in [2.75, 3.05) is 0 Å². The molecule has 0 aliphatic heterocycles. The summed E-state index contributed by atoms with van der Waals surface area (Å²) >= 11 is 1.47. The molecule has 0 radical (unpaired) electrons. The highest BCUT2D eigenvalue weighted by molar-refractivity contribution is 7.19. The zero-order valence-corrected chi connectivity index (χ0v) is 16.3. The van der Waals surface area contributed by atoms with Gasteiger partial charge in [-0.1, -0.05) is 64.6 Å². The van der Waals surface area contributed by atoms with Crippen LogP contribution < -0.4 is 0 Å². The van der Waals surface area contributed by atoms with Crippen LogP contribution >= 0.6 is 11.3 Å². The molecule has 3 aromatic heterocycles. The van der Waals surface area contributed by atoms with Crippen molar-refractivity contribution in [2.24, 2.45) is 0 Å². The molecule has 2 aromatic carbocycles. The summed E-state index contributed by atoms with van der Waals surface area (Å²) in [6.45, 7) is 4.07. The standard InChI is InChI=1S/C20H17N7S/c1-13-8-10-16(11-9-13)26-14(2)18(22-25-26)19-24-27-17(21-23-20(27)28-19)12-15-6-4-3-5-7-15/h3-11H,12H2,1-2H3. The van der Waals surface area contributed by atoms with Crippen molar-refractivity contribution in [3.8, 4) is 16.4 Å². The topological polar surface area (TPSA) is 73.8 Å². The van der Waals surface area contributed by atoms with Gasteiger partial charge in [0.05, 0.1) is 11.4 Å². The monoisotopic (exact) mass is 387 g/mol. The van der Waals surface area contributed by atoms with E-state index in [1.807, 2.05) is 41.9 Å². The molecule has 5 rings (SSSR count). The first-order valence-corrected chi connectivity index (χ1v) is 9.75.